The van der Waals surface area contributed by atoms with Gasteiger partial charge in [-0.3, -0.25) is 4.79 Å². The standard InChI is InChI=1S/C16H15FN2O3/c1-22-16(21)12-7-8-18-14(10-12)19-15(20)6-5-11-3-2-4-13(17)9-11/h2-4,7-10H,5-6H2,1H3,(H,18,19,20). The van der Waals surface area contributed by atoms with Gasteiger partial charge in [0.05, 0.1) is 12.7 Å². The molecule has 1 aromatic carbocycles. The van der Waals surface area contributed by atoms with Crippen LogP contribution in [0.5, 0.6) is 0 Å². The fourth-order valence-corrected chi connectivity index (χ4v) is 1.90. The molecular formula is C16H15FN2O3. The zero-order valence-corrected chi connectivity index (χ0v) is 12.0. The molecule has 0 spiro atoms. The highest BCUT2D eigenvalue weighted by Gasteiger charge is 2.09. The van der Waals surface area contributed by atoms with Crippen molar-refractivity contribution >= 4 is 17.7 Å². The molecule has 0 fully saturated rings. The Bertz CT molecular complexity index is 689. The number of pyridine rings is 1. The van der Waals surface area contributed by atoms with Gasteiger partial charge in [-0.15, -0.1) is 0 Å². The number of esters is 1. The van der Waals surface area contributed by atoms with Crippen molar-refractivity contribution in [3.05, 3.63) is 59.5 Å². The van der Waals surface area contributed by atoms with E-state index in [0.717, 1.165) is 5.56 Å². The lowest BCUT2D eigenvalue weighted by molar-refractivity contribution is -0.116. The Kier molecular flexibility index (Phi) is 5.19. The molecule has 5 nitrogen and oxygen atoms in total. The molecule has 22 heavy (non-hydrogen) atoms. The quantitative estimate of drug-likeness (QED) is 0.862. The number of anilines is 1. The smallest absolute Gasteiger partial charge is 0.338 e. The Hall–Kier alpha value is -2.76. The molecule has 0 saturated heterocycles. The Labute approximate surface area is 127 Å². The van der Waals surface area contributed by atoms with Crippen LogP contribution >= 0.6 is 0 Å². The largest absolute Gasteiger partial charge is 0.465 e. The van der Waals surface area contributed by atoms with E-state index in [0.29, 0.717) is 12.0 Å². The van der Waals surface area contributed by atoms with Gasteiger partial charge in [-0.2, -0.15) is 0 Å². The lowest BCUT2D eigenvalue weighted by Crippen LogP contribution is -2.14. The third kappa shape index (κ3) is 4.37. The van der Waals surface area contributed by atoms with Crippen LogP contribution in [0, 0.1) is 5.82 Å². The summed E-state index contributed by atoms with van der Waals surface area (Å²) >= 11 is 0. The summed E-state index contributed by atoms with van der Waals surface area (Å²) in [7, 11) is 1.28. The SMILES string of the molecule is COC(=O)c1ccnc(NC(=O)CCc2cccc(F)c2)c1. The maximum atomic E-state index is 13.0. The van der Waals surface area contributed by atoms with Crippen LogP contribution in [0.4, 0.5) is 10.2 Å². The molecule has 0 radical (unpaired) electrons. The van der Waals surface area contributed by atoms with Crippen molar-refractivity contribution in [3.8, 4) is 0 Å². The van der Waals surface area contributed by atoms with Crippen LogP contribution in [-0.4, -0.2) is 24.0 Å². The molecule has 0 atom stereocenters. The van der Waals surface area contributed by atoms with Crippen molar-refractivity contribution in [3.63, 3.8) is 0 Å². The fraction of sp³-hybridized carbons (Fsp3) is 0.188. The van der Waals surface area contributed by atoms with Gasteiger partial charge in [0.2, 0.25) is 5.91 Å². The normalized spacial score (nSPS) is 10.1. The van der Waals surface area contributed by atoms with Gasteiger partial charge in [0.25, 0.3) is 0 Å². The molecule has 0 bridgehead atoms. The van der Waals surface area contributed by atoms with E-state index in [1.807, 2.05) is 0 Å². The van der Waals surface area contributed by atoms with E-state index in [1.54, 1.807) is 12.1 Å². The molecular weight excluding hydrogens is 287 g/mol. The van der Waals surface area contributed by atoms with Gasteiger partial charge in [-0.1, -0.05) is 12.1 Å². The number of hydrogen-bond acceptors (Lipinski definition) is 4. The topological polar surface area (TPSA) is 68.3 Å². The van der Waals surface area contributed by atoms with Crippen LogP contribution in [0.15, 0.2) is 42.6 Å². The summed E-state index contributed by atoms with van der Waals surface area (Å²) in [6.45, 7) is 0. The zero-order chi connectivity index (χ0) is 15.9. The van der Waals surface area contributed by atoms with E-state index >= 15 is 0 Å². The van der Waals surface area contributed by atoms with Crippen molar-refractivity contribution in [2.24, 2.45) is 0 Å². The summed E-state index contributed by atoms with van der Waals surface area (Å²) in [6.07, 6.45) is 2.02. The minimum absolute atomic E-state index is 0.188. The highest BCUT2D eigenvalue weighted by Crippen LogP contribution is 2.10. The van der Waals surface area contributed by atoms with E-state index in [1.165, 1.54) is 37.6 Å². The summed E-state index contributed by atoms with van der Waals surface area (Å²) in [5.41, 5.74) is 1.05. The second-order valence-electron chi connectivity index (χ2n) is 4.60. The Morgan fingerprint density at radius 2 is 2.09 bits per heavy atom. The first kappa shape index (κ1) is 15.6. The highest BCUT2D eigenvalue weighted by molar-refractivity contribution is 5.93. The number of aromatic nitrogens is 1. The lowest BCUT2D eigenvalue weighted by Gasteiger charge is -2.06. The number of carbonyl (C=O) groups excluding carboxylic acids is 2. The predicted octanol–water partition coefficient (Wildman–Crippen LogP) is 2.58. The van der Waals surface area contributed by atoms with E-state index in [-0.39, 0.29) is 24.0 Å². The second kappa shape index (κ2) is 7.31. The molecule has 0 aliphatic rings. The average Bonchev–Trinajstić information content (AvgIpc) is 2.52. The monoisotopic (exact) mass is 302 g/mol. The Balaban J connectivity index is 1.93. The Morgan fingerprint density at radius 1 is 1.27 bits per heavy atom. The van der Waals surface area contributed by atoms with Crippen LogP contribution in [0.2, 0.25) is 0 Å². The summed E-state index contributed by atoms with van der Waals surface area (Å²) in [5, 5.41) is 2.59. The molecule has 6 heteroatoms. The molecule has 0 saturated carbocycles. The molecule has 1 amide bonds. The first-order valence-corrected chi connectivity index (χ1v) is 6.67. The van der Waals surface area contributed by atoms with Crippen molar-refractivity contribution in [1.82, 2.24) is 4.98 Å². The number of hydrogen-bond donors (Lipinski definition) is 1. The van der Waals surface area contributed by atoms with Crippen molar-refractivity contribution < 1.29 is 18.7 Å². The third-order valence-corrected chi connectivity index (χ3v) is 2.98. The van der Waals surface area contributed by atoms with Crippen LogP contribution in [0.25, 0.3) is 0 Å². The van der Waals surface area contributed by atoms with E-state index in [9.17, 15) is 14.0 Å². The van der Waals surface area contributed by atoms with Crippen LogP contribution in [0.1, 0.15) is 22.3 Å². The molecule has 2 rings (SSSR count). The highest BCUT2D eigenvalue weighted by atomic mass is 19.1. The van der Waals surface area contributed by atoms with Crippen LogP contribution in [-0.2, 0) is 16.0 Å². The van der Waals surface area contributed by atoms with Gasteiger partial charge >= 0.3 is 5.97 Å². The molecule has 0 aliphatic heterocycles. The summed E-state index contributed by atoms with van der Waals surface area (Å²) < 4.78 is 17.6. The maximum absolute atomic E-state index is 13.0. The number of nitrogens with zero attached hydrogens (tertiary/aromatic N) is 1. The molecule has 2 aromatic rings. The van der Waals surface area contributed by atoms with Gasteiger partial charge in [0.1, 0.15) is 11.6 Å². The van der Waals surface area contributed by atoms with Crippen molar-refractivity contribution in [2.75, 3.05) is 12.4 Å². The summed E-state index contributed by atoms with van der Waals surface area (Å²) in [6, 6.07) is 9.03. The molecule has 1 aromatic heterocycles. The average molecular weight is 302 g/mol. The number of amides is 1. The van der Waals surface area contributed by atoms with Gasteiger partial charge in [-0.05, 0) is 36.2 Å². The van der Waals surface area contributed by atoms with Gasteiger partial charge in [0.15, 0.2) is 0 Å². The number of ether oxygens (including phenoxy) is 1. The maximum Gasteiger partial charge on any atom is 0.338 e. The third-order valence-electron chi connectivity index (χ3n) is 2.98. The van der Waals surface area contributed by atoms with Crippen LogP contribution in [0.3, 0.4) is 0 Å². The molecule has 1 N–H and O–H groups in total. The Morgan fingerprint density at radius 3 is 2.82 bits per heavy atom. The van der Waals surface area contributed by atoms with Gasteiger partial charge in [0, 0.05) is 12.6 Å². The van der Waals surface area contributed by atoms with Gasteiger partial charge < -0.3 is 10.1 Å². The second-order valence-corrected chi connectivity index (χ2v) is 4.60. The van der Waals surface area contributed by atoms with E-state index in [2.05, 4.69) is 15.0 Å². The number of rotatable bonds is 5. The first-order valence-electron chi connectivity index (χ1n) is 6.67. The lowest BCUT2D eigenvalue weighted by atomic mass is 10.1. The van der Waals surface area contributed by atoms with E-state index < -0.39 is 5.97 Å². The first-order chi connectivity index (χ1) is 10.6. The van der Waals surface area contributed by atoms with Crippen LogP contribution < -0.4 is 5.32 Å². The minimum atomic E-state index is -0.502. The number of halogens is 1. The number of aryl methyl sites for hydroxylation is 1. The van der Waals surface area contributed by atoms with Crippen molar-refractivity contribution in [2.45, 2.75) is 12.8 Å². The summed E-state index contributed by atoms with van der Waals surface area (Å²) in [5.74, 6) is -0.825. The zero-order valence-electron chi connectivity index (χ0n) is 12.0. The molecule has 114 valence electrons. The van der Waals surface area contributed by atoms with Gasteiger partial charge in [-0.25, -0.2) is 14.2 Å². The summed E-state index contributed by atoms with van der Waals surface area (Å²) in [4.78, 5) is 27.2. The molecule has 0 aliphatic carbocycles. The molecule has 0 unspecified atom stereocenters. The number of methoxy groups -OCH3 is 1. The number of nitrogens with one attached hydrogen (secondary N) is 1. The predicted molar refractivity (Wildman–Crippen MR) is 78.9 cm³/mol. The van der Waals surface area contributed by atoms with E-state index in [4.69, 9.17) is 0 Å². The van der Waals surface area contributed by atoms with Crippen molar-refractivity contribution in [1.29, 1.82) is 0 Å². The number of benzene rings is 1. The fourth-order valence-electron chi connectivity index (χ4n) is 1.90. The number of carbonyl (C=O) groups is 2. The minimum Gasteiger partial charge on any atom is -0.465 e. The molecule has 1 heterocycles.